The summed E-state index contributed by atoms with van der Waals surface area (Å²) in [6.45, 7) is 2.82. The Balaban J connectivity index is 2.17. The summed E-state index contributed by atoms with van der Waals surface area (Å²) in [7, 11) is 1.89. The minimum atomic E-state index is 0.172. The summed E-state index contributed by atoms with van der Waals surface area (Å²) in [5.41, 5.74) is 0. The van der Waals surface area contributed by atoms with Gasteiger partial charge in [0.1, 0.15) is 0 Å². The van der Waals surface area contributed by atoms with Crippen LogP contribution >= 0.6 is 0 Å². The molecule has 2 aromatic rings. The Hall–Kier alpha value is -1.69. The third-order valence-electron chi connectivity index (χ3n) is 2.06. The highest BCUT2D eigenvalue weighted by molar-refractivity contribution is 5.43. The Morgan fingerprint density at radius 3 is 3.13 bits per heavy atom. The molecule has 0 saturated carbocycles. The fourth-order valence-corrected chi connectivity index (χ4v) is 1.29. The topological polar surface area (TPSA) is 68.8 Å². The maximum absolute atomic E-state index is 5.18. The summed E-state index contributed by atoms with van der Waals surface area (Å²) in [4.78, 5) is 1.58. The van der Waals surface area contributed by atoms with Crippen LogP contribution in [0.5, 0.6) is 0 Å². The monoisotopic (exact) mass is 207 g/mol. The van der Waals surface area contributed by atoms with Gasteiger partial charge in [-0.1, -0.05) is 0 Å². The lowest BCUT2D eigenvalue weighted by atomic mass is 10.3. The summed E-state index contributed by atoms with van der Waals surface area (Å²) in [6, 6.07) is 3.78. The molecule has 0 aromatic carbocycles. The first kappa shape index (κ1) is 9.85. The minimum absolute atomic E-state index is 0.172. The van der Waals surface area contributed by atoms with E-state index >= 15 is 0 Å². The summed E-state index contributed by atoms with van der Waals surface area (Å²) in [5, 5.41) is 15.2. The summed E-state index contributed by atoms with van der Waals surface area (Å²) < 4.78 is 5.18. The molecule has 2 aromatic heterocycles. The summed E-state index contributed by atoms with van der Waals surface area (Å²) >= 11 is 0. The molecule has 6 heteroatoms. The first-order valence-corrected chi connectivity index (χ1v) is 4.79. The third kappa shape index (κ3) is 2.04. The molecule has 0 aliphatic carbocycles. The van der Waals surface area contributed by atoms with Gasteiger partial charge in [-0.2, -0.15) is 4.80 Å². The van der Waals surface area contributed by atoms with Crippen molar-refractivity contribution in [1.82, 2.24) is 25.5 Å². The number of hydrogen-bond donors (Lipinski definition) is 1. The van der Waals surface area contributed by atoms with Gasteiger partial charge in [0.25, 0.3) is 0 Å². The molecule has 0 spiro atoms. The van der Waals surface area contributed by atoms with Crippen molar-refractivity contribution in [2.24, 2.45) is 0 Å². The van der Waals surface area contributed by atoms with E-state index in [0.29, 0.717) is 11.6 Å². The lowest BCUT2D eigenvalue weighted by molar-refractivity contribution is 0.412. The molecule has 0 radical (unpaired) electrons. The van der Waals surface area contributed by atoms with E-state index in [1.165, 1.54) is 0 Å². The van der Waals surface area contributed by atoms with E-state index in [-0.39, 0.29) is 6.04 Å². The molecule has 1 atom stereocenters. The highest BCUT2D eigenvalue weighted by Gasteiger charge is 2.11. The van der Waals surface area contributed by atoms with Crippen molar-refractivity contribution in [1.29, 1.82) is 0 Å². The average molecular weight is 207 g/mol. The van der Waals surface area contributed by atoms with Gasteiger partial charge in [-0.25, -0.2) is 0 Å². The molecule has 0 fully saturated rings. The molecule has 2 rings (SSSR count). The van der Waals surface area contributed by atoms with E-state index in [9.17, 15) is 0 Å². The molecule has 0 amide bonds. The number of nitrogens with zero attached hydrogens (tertiary/aromatic N) is 4. The van der Waals surface area contributed by atoms with Gasteiger partial charge in [-0.3, -0.25) is 0 Å². The van der Waals surface area contributed by atoms with Crippen molar-refractivity contribution in [2.75, 3.05) is 13.6 Å². The second-order valence-corrected chi connectivity index (χ2v) is 3.32. The minimum Gasteiger partial charge on any atom is -0.461 e. The molecule has 0 bridgehead atoms. The molecule has 0 aliphatic rings. The summed E-state index contributed by atoms with van der Waals surface area (Å²) in [6.07, 6.45) is 1.59. The van der Waals surface area contributed by atoms with Crippen LogP contribution in [0.15, 0.2) is 22.8 Å². The van der Waals surface area contributed by atoms with Gasteiger partial charge in [-0.15, -0.1) is 10.2 Å². The fourth-order valence-electron chi connectivity index (χ4n) is 1.29. The van der Waals surface area contributed by atoms with E-state index in [0.717, 1.165) is 6.54 Å². The van der Waals surface area contributed by atoms with Crippen LogP contribution in [0, 0.1) is 0 Å². The number of aromatic nitrogens is 4. The van der Waals surface area contributed by atoms with Crippen LogP contribution in [0.2, 0.25) is 0 Å². The normalized spacial score (nSPS) is 12.9. The number of hydrogen-bond acceptors (Lipinski definition) is 5. The first-order chi connectivity index (χ1) is 7.31. The van der Waals surface area contributed by atoms with Crippen LogP contribution in [-0.4, -0.2) is 33.8 Å². The van der Waals surface area contributed by atoms with Crippen molar-refractivity contribution in [2.45, 2.75) is 13.0 Å². The molecule has 0 aliphatic heterocycles. The predicted octanol–water partition coefficient (Wildman–Crippen LogP) is 0.713. The largest absolute Gasteiger partial charge is 0.461 e. The molecule has 2 heterocycles. The van der Waals surface area contributed by atoms with Gasteiger partial charge in [0.05, 0.1) is 12.3 Å². The summed E-state index contributed by atoms with van der Waals surface area (Å²) in [5.74, 6) is 1.15. The Morgan fingerprint density at radius 2 is 2.47 bits per heavy atom. The van der Waals surface area contributed by atoms with Gasteiger partial charge < -0.3 is 9.73 Å². The maximum atomic E-state index is 5.18. The molecule has 1 N–H and O–H groups in total. The second kappa shape index (κ2) is 4.22. The van der Waals surface area contributed by atoms with Crippen LogP contribution in [0.4, 0.5) is 0 Å². The molecular formula is C9H13N5O. The van der Waals surface area contributed by atoms with Gasteiger partial charge in [-0.05, 0) is 31.3 Å². The number of rotatable bonds is 4. The lowest BCUT2D eigenvalue weighted by Gasteiger charge is -2.07. The van der Waals surface area contributed by atoms with Gasteiger partial charge in [0, 0.05) is 6.54 Å². The van der Waals surface area contributed by atoms with Crippen molar-refractivity contribution < 1.29 is 4.42 Å². The van der Waals surface area contributed by atoms with Crippen LogP contribution in [0.25, 0.3) is 11.6 Å². The van der Waals surface area contributed by atoms with Crippen molar-refractivity contribution in [3.8, 4) is 11.6 Å². The quantitative estimate of drug-likeness (QED) is 0.799. The SMILES string of the molecule is CNCC(C)n1nnc(-c2ccco2)n1. The number of tetrazole rings is 1. The van der Waals surface area contributed by atoms with E-state index < -0.39 is 0 Å². The Bertz CT molecular complexity index is 408. The van der Waals surface area contributed by atoms with Gasteiger partial charge in [0.15, 0.2) is 5.76 Å². The molecule has 1 unspecified atom stereocenters. The van der Waals surface area contributed by atoms with E-state index in [2.05, 4.69) is 20.7 Å². The highest BCUT2D eigenvalue weighted by atomic mass is 16.3. The van der Waals surface area contributed by atoms with Gasteiger partial charge in [0.2, 0.25) is 5.82 Å². The van der Waals surface area contributed by atoms with Crippen LogP contribution in [0.1, 0.15) is 13.0 Å². The number of nitrogens with one attached hydrogen (secondary N) is 1. The zero-order chi connectivity index (χ0) is 10.7. The van der Waals surface area contributed by atoms with Crippen molar-refractivity contribution in [3.63, 3.8) is 0 Å². The Morgan fingerprint density at radius 1 is 1.60 bits per heavy atom. The number of furan rings is 1. The standard InChI is InChI=1S/C9H13N5O/c1-7(6-10-2)14-12-9(11-13-14)8-4-3-5-15-8/h3-5,7,10H,6H2,1-2H3. The molecule has 0 saturated heterocycles. The van der Waals surface area contributed by atoms with Crippen molar-refractivity contribution in [3.05, 3.63) is 18.4 Å². The van der Waals surface area contributed by atoms with E-state index in [1.807, 2.05) is 20.0 Å². The zero-order valence-corrected chi connectivity index (χ0v) is 8.71. The van der Waals surface area contributed by atoms with Crippen LogP contribution in [-0.2, 0) is 0 Å². The molecule has 6 nitrogen and oxygen atoms in total. The van der Waals surface area contributed by atoms with Crippen molar-refractivity contribution >= 4 is 0 Å². The predicted molar refractivity (Wildman–Crippen MR) is 54.2 cm³/mol. The van der Waals surface area contributed by atoms with E-state index in [1.54, 1.807) is 17.1 Å². The fraction of sp³-hybridized carbons (Fsp3) is 0.444. The second-order valence-electron chi connectivity index (χ2n) is 3.32. The molecule has 80 valence electrons. The first-order valence-electron chi connectivity index (χ1n) is 4.79. The smallest absolute Gasteiger partial charge is 0.240 e. The van der Waals surface area contributed by atoms with Crippen LogP contribution in [0.3, 0.4) is 0 Å². The third-order valence-corrected chi connectivity index (χ3v) is 2.06. The van der Waals surface area contributed by atoms with Gasteiger partial charge >= 0.3 is 0 Å². The Labute approximate surface area is 87.3 Å². The average Bonchev–Trinajstić information content (AvgIpc) is 2.89. The number of likely N-dealkylation sites (N-methyl/N-ethyl adjacent to an activating group) is 1. The zero-order valence-electron chi connectivity index (χ0n) is 8.71. The molecule has 15 heavy (non-hydrogen) atoms. The highest BCUT2D eigenvalue weighted by Crippen LogP contribution is 2.13. The van der Waals surface area contributed by atoms with E-state index in [4.69, 9.17) is 4.42 Å². The Kier molecular flexibility index (Phi) is 2.77. The van der Waals surface area contributed by atoms with Crippen LogP contribution < -0.4 is 5.32 Å². The lowest BCUT2D eigenvalue weighted by Crippen LogP contribution is -2.21. The molecular weight excluding hydrogens is 194 g/mol. The maximum Gasteiger partial charge on any atom is 0.240 e.